The molecule has 0 saturated heterocycles. The number of hydrogen-bond acceptors (Lipinski definition) is 1. The average Bonchev–Trinajstić information content (AvgIpc) is 1.90. The van der Waals surface area contributed by atoms with Gasteiger partial charge in [-0.3, -0.25) is 0 Å². The van der Waals surface area contributed by atoms with Crippen molar-refractivity contribution in [3.05, 3.63) is 12.2 Å². The Bertz CT molecular complexity index is 122. The normalized spacial score (nSPS) is 34.9. The molecule has 0 aliphatic heterocycles. The number of rotatable bonds is 1. The molecule has 0 aromatic heterocycles. The smallest absolute Gasteiger partial charge is 0.0962 e. The van der Waals surface area contributed by atoms with E-state index >= 15 is 0 Å². The highest BCUT2D eigenvalue weighted by Gasteiger charge is 2.23. The summed E-state index contributed by atoms with van der Waals surface area (Å²) < 4.78 is 0. The van der Waals surface area contributed by atoms with Crippen LogP contribution in [-0.2, 0) is 0 Å². The monoisotopic (exact) mass is 146 g/mol. The van der Waals surface area contributed by atoms with Crippen LogP contribution in [0.5, 0.6) is 0 Å². The number of halogens is 1. The van der Waals surface area contributed by atoms with Gasteiger partial charge in [-0.05, 0) is 19.3 Å². The third-order valence-electron chi connectivity index (χ3n) is 1.64. The SMILES string of the molecule is OC1(CCl)C=CCCC1. The molecule has 0 radical (unpaired) electrons. The number of alkyl halides is 1. The van der Waals surface area contributed by atoms with Crippen LogP contribution in [0.4, 0.5) is 0 Å². The van der Waals surface area contributed by atoms with Crippen LogP contribution in [-0.4, -0.2) is 16.6 Å². The lowest BCUT2D eigenvalue weighted by atomic mass is 9.93. The van der Waals surface area contributed by atoms with Crippen LogP contribution in [0.1, 0.15) is 19.3 Å². The van der Waals surface area contributed by atoms with E-state index in [1.54, 1.807) is 0 Å². The molecule has 9 heavy (non-hydrogen) atoms. The van der Waals surface area contributed by atoms with Crippen LogP contribution in [0, 0.1) is 0 Å². The fraction of sp³-hybridized carbons (Fsp3) is 0.714. The Hall–Kier alpha value is -0.0100. The third-order valence-corrected chi connectivity index (χ3v) is 2.10. The van der Waals surface area contributed by atoms with Crippen molar-refractivity contribution in [2.24, 2.45) is 0 Å². The molecule has 2 heteroatoms. The highest BCUT2D eigenvalue weighted by molar-refractivity contribution is 6.18. The second-order valence-electron chi connectivity index (χ2n) is 2.53. The van der Waals surface area contributed by atoms with Gasteiger partial charge in [-0.2, -0.15) is 0 Å². The van der Waals surface area contributed by atoms with Crippen LogP contribution in [0.3, 0.4) is 0 Å². The van der Waals surface area contributed by atoms with Gasteiger partial charge >= 0.3 is 0 Å². The molecule has 0 aromatic carbocycles. The Balaban J connectivity index is 2.56. The minimum atomic E-state index is -0.695. The van der Waals surface area contributed by atoms with Gasteiger partial charge in [0.1, 0.15) is 0 Å². The van der Waals surface area contributed by atoms with E-state index in [0.717, 1.165) is 19.3 Å². The van der Waals surface area contributed by atoms with Crippen molar-refractivity contribution in [2.75, 3.05) is 5.88 Å². The molecule has 1 unspecified atom stereocenters. The topological polar surface area (TPSA) is 20.2 Å². The molecule has 0 saturated carbocycles. The number of aliphatic hydroxyl groups is 1. The van der Waals surface area contributed by atoms with E-state index in [1.807, 2.05) is 12.2 Å². The molecule has 1 rings (SSSR count). The summed E-state index contributed by atoms with van der Waals surface area (Å²) in [5.74, 6) is 0.323. The summed E-state index contributed by atoms with van der Waals surface area (Å²) in [7, 11) is 0. The predicted octanol–water partition coefficient (Wildman–Crippen LogP) is 1.70. The lowest BCUT2D eigenvalue weighted by molar-refractivity contribution is 0.0983. The predicted molar refractivity (Wildman–Crippen MR) is 38.7 cm³/mol. The van der Waals surface area contributed by atoms with Crippen molar-refractivity contribution >= 4 is 11.6 Å². The molecular weight excluding hydrogens is 136 g/mol. The molecule has 0 bridgehead atoms. The maximum atomic E-state index is 9.46. The van der Waals surface area contributed by atoms with Crippen LogP contribution < -0.4 is 0 Å². The molecule has 1 aliphatic carbocycles. The van der Waals surface area contributed by atoms with E-state index in [-0.39, 0.29) is 0 Å². The molecule has 0 spiro atoms. The summed E-state index contributed by atoms with van der Waals surface area (Å²) in [4.78, 5) is 0. The van der Waals surface area contributed by atoms with Crippen LogP contribution in [0.25, 0.3) is 0 Å². The zero-order valence-corrected chi connectivity index (χ0v) is 6.06. The zero-order valence-electron chi connectivity index (χ0n) is 5.31. The second kappa shape index (κ2) is 2.72. The van der Waals surface area contributed by atoms with Gasteiger partial charge in [-0.25, -0.2) is 0 Å². The molecule has 0 amide bonds. The Morgan fingerprint density at radius 2 is 2.44 bits per heavy atom. The quantitative estimate of drug-likeness (QED) is 0.441. The fourth-order valence-electron chi connectivity index (χ4n) is 1.02. The molecular formula is C7H11ClO. The lowest BCUT2D eigenvalue weighted by Gasteiger charge is -2.24. The first kappa shape index (κ1) is 7.10. The van der Waals surface area contributed by atoms with Crippen molar-refractivity contribution in [1.82, 2.24) is 0 Å². The summed E-state index contributed by atoms with van der Waals surface area (Å²) in [6.07, 6.45) is 6.75. The minimum absolute atomic E-state index is 0.323. The molecule has 1 nitrogen and oxygen atoms in total. The number of allylic oxidation sites excluding steroid dienone is 1. The summed E-state index contributed by atoms with van der Waals surface area (Å²) in [6.45, 7) is 0. The minimum Gasteiger partial charge on any atom is -0.385 e. The van der Waals surface area contributed by atoms with E-state index in [0.29, 0.717) is 5.88 Å². The highest BCUT2D eigenvalue weighted by Crippen LogP contribution is 2.22. The summed E-state index contributed by atoms with van der Waals surface area (Å²) in [6, 6.07) is 0. The van der Waals surface area contributed by atoms with Crippen LogP contribution in [0.2, 0.25) is 0 Å². The van der Waals surface area contributed by atoms with Gasteiger partial charge in [0.05, 0.1) is 11.5 Å². The molecule has 52 valence electrons. The first-order valence-corrected chi connectivity index (χ1v) is 3.76. The van der Waals surface area contributed by atoms with Crippen molar-refractivity contribution in [1.29, 1.82) is 0 Å². The third kappa shape index (κ3) is 1.70. The van der Waals surface area contributed by atoms with Gasteiger partial charge in [-0.1, -0.05) is 12.2 Å². The summed E-state index contributed by atoms with van der Waals surface area (Å²) >= 11 is 5.52. The van der Waals surface area contributed by atoms with Gasteiger partial charge in [-0.15, -0.1) is 11.6 Å². The van der Waals surface area contributed by atoms with Crippen molar-refractivity contribution in [3.63, 3.8) is 0 Å². The van der Waals surface area contributed by atoms with Gasteiger partial charge in [0.15, 0.2) is 0 Å². The standard InChI is InChI=1S/C7H11ClO/c8-6-7(9)4-2-1-3-5-7/h2,4,9H,1,3,5-6H2. The van der Waals surface area contributed by atoms with Gasteiger partial charge in [0.25, 0.3) is 0 Å². The Kier molecular flexibility index (Phi) is 2.14. The first-order chi connectivity index (χ1) is 4.27. The maximum Gasteiger partial charge on any atom is 0.0962 e. The van der Waals surface area contributed by atoms with E-state index in [2.05, 4.69) is 0 Å². The lowest BCUT2D eigenvalue weighted by Crippen LogP contribution is -2.29. The summed E-state index contributed by atoms with van der Waals surface area (Å²) in [5, 5.41) is 9.46. The van der Waals surface area contributed by atoms with Gasteiger partial charge in [0, 0.05) is 0 Å². The fourth-order valence-corrected chi connectivity index (χ4v) is 1.25. The molecule has 1 aliphatic rings. The van der Waals surface area contributed by atoms with E-state index in [9.17, 15) is 5.11 Å². The Morgan fingerprint density at radius 3 is 2.78 bits per heavy atom. The van der Waals surface area contributed by atoms with Crippen molar-refractivity contribution in [2.45, 2.75) is 24.9 Å². The Labute approximate surface area is 60.3 Å². The summed E-state index contributed by atoms with van der Waals surface area (Å²) in [5.41, 5.74) is -0.695. The van der Waals surface area contributed by atoms with E-state index in [4.69, 9.17) is 11.6 Å². The molecule has 0 fully saturated rings. The van der Waals surface area contributed by atoms with E-state index < -0.39 is 5.60 Å². The van der Waals surface area contributed by atoms with E-state index in [1.165, 1.54) is 0 Å². The molecule has 1 atom stereocenters. The van der Waals surface area contributed by atoms with Crippen LogP contribution >= 0.6 is 11.6 Å². The van der Waals surface area contributed by atoms with Gasteiger partial charge in [0.2, 0.25) is 0 Å². The maximum absolute atomic E-state index is 9.46. The Morgan fingerprint density at radius 1 is 1.67 bits per heavy atom. The molecule has 0 aromatic rings. The van der Waals surface area contributed by atoms with Crippen molar-refractivity contribution in [3.8, 4) is 0 Å². The first-order valence-electron chi connectivity index (χ1n) is 3.23. The molecule has 1 N–H and O–H groups in total. The molecule has 0 heterocycles. The highest BCUT2D eigenvalue weighted by atomic mass is 35.5. The number of hydrogen-bond donors (Lipinski definition) is 1. The second-order valence-corrected chi connectivity index (χ2v) is 2.80. The van der Waals surface area contributed by atoms with Crippen LogP contribution in [0.15, 0.2) is 12.2 Å². The zero-order chi connectivity index (χ0) is 6.74. The largest absolute Gasteiger partial charge is 0.385 e. The van der Waals surface area contributed by atoms with Crippen molar-refractivity contribution < 1.29 is 5.11 Å². The average molecular weight is 147 g/mol. The van der Waals surface area contributed by atoms with Gasteiger partial charge < -0.3 is 5.11 Å².